The summed E-state index contributed by atoms with van der Waals surface area (Å²) in [6.07, 6.45) is 4.05. The Morgan fingerprint density at radius 2 is 2.05 bits per heavy atom. The van der Waals surface area contributed by atoms with Gasteiger partial charge in [0.2, 0.25) is 0 Å². The van der Waals surface area contributed by atoms with E-state index >= 15 is 0 Å². The first-order chi connectivity index (χ1) is 9.22. The molecule has 0 saturated carbocycles. The van der Waals surface area contributed by atoms with Gasteiger partial charge in [-0.15, -0.1) is 0 Å². The number of hydrogen-bond acceptors (Lipinski definition) is 2. The van der Waals surface area contributed by atoms with Gasteiger partial charge < -0.3 is 15.0 Å². The van der Waals surface area contributed by atoms with Crippen molar-refractivity contribution in [3.8, 4) is 0 Å². The molecule has 0 aliphatic heterocycles. The fourth-order valence-corrected chi connectivity index (χ4v) is 2.34. The second kappa shape index (κ2) is 6.73. The van der Waals surface area contributed by atoms with E-state index in [-0.39, 0.29) is 6.61 Å². The predicted octanol–water partition coefficient (Wildman–Crippen LogP) is 2.91. The second-order valence-electron chi connectivity index (χ2n) is 5.33. The van der Waals surface area contributed by atoms with Gasteiger partial charge in [0, 0.05) is 42.8 Å². The third kappa shape index (κ3) is 3.58. The van der Waals surface area contributed by atoms with E-state index in [2.05, 4.69) is 54.2 Å². The van der Waals surface area contributed by atoms with Crippen LogP contribution in [-0.2, 0) is 13.1 Å². The first-order valence-corrected chi connectivity index (χ1v) is 7.13. The summed E-state index contributed by atoms with van der Waals surface area (Å²) in [5, 5.41) is 13.7. The van der Waals surface area contributed by atoms with E-state index in [4.69, 9.17) is 5.11 Å². The smallest absolute Gasteiger partial charge is 0.0483 e. The van der Waals surface area contributed by atoms with E-state index in [1.165, 1.54) is 16.5 Å². The van der Waals surface area contributed by atoms with E-state index in [0.717, 1.165) is 25.9 Å². The summed E-state index contributed by atoms with van der Waals surface area (Å²) < 4.78 is 2.28. The Bertz CT molecular complexity index is 516. The summed E-state index contributed by atoms with van der Waals surface area (Å²) in [5.74, 6) is 0. The quantitative estimate of drug-likeness (QED) is 0.751. The van der Waals surface area contributed by atoms with E-state index in [0.29, 0.717) is 6.04 Å². The van der Waals surface area contributed by atoms with Gasteiger partial charge in [0.05, 0.1) is 0 Å². The molecule has 0 unspecified atom stereocenters. The zero-order valence-corrected chi connectivity index (χ0v) is 11.9. The Kier molecular flexibility index (Phi) is 5.00. The minimum absolute atomic E-state index is 0.281. The molecule has 0 amide bonds. The first-order valence-electron chi connectivity index (χ1n) is 7.13. The Labute approximate surface area is 115 Å². The highest BCUT2D eigenvalue weighted by Crippen LogP contribution is 2.21. The van der Waals surface area contributed by atoms with Crippen LogP contribution in [-0.4, -0.2) is 22.3 Å². The van der Waals surface area contributed by atoms with Gasteiger partial charge in [-0.2, -0.15) is 0 Å². The SMILES string of the molecule is CC(C)NCc1cccc2c1ccn2CCCCO. The number of unbranched alkanes of at least 4 members (excludes halogenated alkanes) is 1. The van der Waals surface area contributed by atoms with Crippen LogP contribution in [0.2, 0.25) is 0 Å². The lowest BCUT2D eigenvalue weighted by atomic mass is 10.1. The second-order valence-corrected chi connectivity index (χ2v) is 5.33. The minimum Gasteiger partial charge on any atom is -0.396 e. The molecule has 1 heterocycles. The molecule has 0 bridgehead atoms. The van der Waals surface area contributed by atoms with Gasteiger partial charge in [0.1, 0.15) is 0 Å². The van der Waals surface area contributed by atoms with Gasteiger partial charge in [-0.3, -0.25) is 0 Å². The molecule has 19 heavy (non-hydrogen) atoms. The number of aliphatic hydroxyl groups is 1. The molecule has 1 aromatic carbocycles. The lowest BCUT2D eigenvalue weighted by Gasteiger charge is -2.10. The van der Waals surface area contributed by atoms with Gasteiger partial charge >= 0.3 is 0 Å². The Hall–Kier alpha value is -1.32. The fourth-order valence-electron chi connectivity index (χ4n) is 2.34. The maximum absolute atomic E-state index is 8.86. The highest BCUT2D eigenvalue weighted by molar-refractivity contribution is 5.83. The Morgan fingerprint density at radius 1 is 1.21 bits per heavy atom. The maximum atomic E-state index is 8.86. The van der Waals surface area contributed by atoms with Crippen LogP contribution < -0.4 is 5.32 Å². The molecule has 3 heteroatoms. The Balaban J connectivity index is 2.16. The van der Waals surface area contributed by atoms with Crippen LogP contribution in [0.3, 0.4) is 0 Å². The third-order valence-electron chi connectivity index (χ3n) is 3.41. The van der Waals surface area contributed by atoms with E-state index < -0.39 is 0 Å². The average molecular weight is 260 g/mol. The van der Waals surface area contributed by atoms with Crippen LogP contribution in [0, 0.1) is 0 Å². The Morgan fingerprint density at radius 3 is 2.79 bits per heavy atom. The molecule has 0 saturated heterocycles. The standard InChI is InChI=1S/C16H24N2O/c1-13(2)17-12-14-6-5-7-16-15(14)8-10-18(16)9-3-4-11-19/h5-8,10,13,17,19H,3-4,9,11-12H2,1-2H3. The van der Waals surface area contributed by atoms with E-state index in [9.17, 15) is 0 Å². The largest absolute Gasteiger partial charge is 0.396 e. The molecule has 0 fully saturated rings. The molecule has 0 atom stereocenters. The van der Waals surface area contributed by atoms with Gasteiger partial charge in [-0.05, 0) is 30.5 Å². The van der Waals surface area contributed by atoms with Crippen molar-refractivity contribution in [2.24, 2.45) is 0 Å². The van der Waals surface area contributed by atoms with Gasteiger partial charge in [-0.25, -0.2) is 0 Å². The molecule has 1 aromatic heterocycles. The van der Waals surface area contributed by atoms with Gasteiger partial charge in [-0.1, -0.05) is 26.0 Å². The monoisotopic (exact) mass is 260 g/mol. The molecule has 104 valence electrons. The summed E-state index contributed by atoms with van der Waals surface area (Å²) in [7, 11) is 0. The summed E-state index contributed by atoms with van der Waals surface area (Å²) >= 11 is 0. The van der Waals surface area contributed by atoms with E-state index in [1.54, 1.807) is 0 Å². The van der Waals surface area contributed by atoms with Crippen molar-refractivity contribution >= 4 is 10.9 Å². The third-order valence-corrected chi connectivity index (χ3v) is 3.41. The number of nitrogens with one attached hydrogen (secondary N) is 1. The number of aromatic nitrogens is 1. The number of aryl methyl sites for hydroxylation is 1. The number of aliphatic hydroxyl groups excluding tert-OH is 1. The number of benzene rings is 1. The fraction of sp³-hybridized carbons (Fsp3) is 0.500. The minimum atomic E-state index is 0.281. The molecule has 0 spiro atoms. The summed E-state index contributed by atoms with van der Waals surface area (Å²) in [6, 6.07) is 9.19. The highest BCUT2D eigenvalue weighted by atomic mass is 16.2. The van der Waals surface area contributed by atoms with Crippen LogP contribution in [0.5, 0.6) is 0 Å². The van der Waals surface area contributed by atoms with Gasteiger partial charge in [0.25, 0.3) is 0 Å². The van der Waals surface area contributed by atoms with Crippen LogP contribution in [0.1, 0.15) is 32.3 Å². The van der Waals surface area contributed by atoms with Crippen LogP contribution in [0.25, 0.3) is 10.9 Å². The van der Waals surface area contributed by atoms with Crippen molar-refractivity contribution in [3.63, 3.8) is 0 Å². The van der Waals surface area contributed by atoms with Crippen LogP contribution in [0.15, 0.2) is 30.5 Å². The number of hydrogen-bond donors (Lipinski definition) is 2. The molecule has 0 radical (unpaired) electrons. The summed E-state index contributed by atoms with van der Waals surface area (Å²) in [5.41, 5.74) is 2.65. The normalized spacial score (nSPS) is 11.6. The van der Waals surface area contributed by atoms with Gasteiger partial charge in [0.15, 0.2) is 0 Å². The molecule has 2 aromatic rings. The number of nitrogens with zero attached hydrogens (tertiary/aromatic N) is 1. The molecule has 3 nitrogen and oxygen atoms in total. The highest BCUT2D eigenvalue weighted by Gasteiger charge is 2.05. The topological polar surface area (TPSA) is 37.2 Å². The van der Waals surface area contributed by atoms with Crippen molar-refractivity contribution in [3.05, 3.63) is 36.0 Å². The molecular weight excluding hydrogens is 236 g/mol. The van der Waals surface area contributed by atoms with Crippen molar-refractivity contribution in [1.82, 2.24) is 9.88 Å². The molecule has 0 aliphatic carbocycles. The zero-order chi connectivity index (χ0) is 13.7. The molecular formula is C16H24N2O. The summed E-state index contributed by atoms with van der Waals surface area (Å²) in [4.78, 5) is 0. The van der Waals surface area contributed by atoms with Crippen molar-refractivity contribution < 1.29 is 5.11 Å². The molecule has 2 N–H and O–H groups in total. The van der Waals surface area contributed by atoms with Crippen molar-refractivity contribution in [2.45, 2.75) is 45.8 Å². The van der Waals surface area contributed by atoms with E-state index in [1.807, 2.05) is 0 Å². The van der Waals surface area contributed by atoms with Crippen LogP contribution >= 0.6 is 0 Å². The maximum Gasteiger partial charge on any atom is 0.0483 e. The van der Waals surface area contributed by atoms with Crippen molar-refractivity contribution in [1.29, 1.82) is 0 Å². The van der Waals surface area contributed by atoms with Crippen LogP contribution in [0.4, 0.5) is 0 Å². The number of rotatable bonds is 7. The van der Waals surface area contributed by atoms with Crippen molar-refractivity contribution in [2.75, 3.05) is 6.61 Å². The molecule has 0 aliphatic rings. The average Bonchev–Trinajstić information content (AvgIpc) is 2.80. The summed E-state index contributed by atoms with van der Waals surface area (Å²) in [6.45, 7) is 6.50. The number of fused-ring (bicyclic) bond motifs is 1. The zero-order valence-electron chi connectivity index (χ0n) is 11.9. The molecule has 2 rings (SSSR count). The lowest BCUT2D eigenvalue weighted by molar-refractivity contribution is 0.281. The first kappa shape index (κ1) is 14.1. The lowest BCUT2D eigenvalue weighted by Crippen LogP contribution is -2.21. The predicted molar refractivity (Wildman–Crippen MR) is 80.2 cm³/mol.